The number of likely N-dealkylation sites (tertiary alicyclic amines) is 1. The van der Waals surface area contributed by atoms with Gasteiger partial charge in [0.2, 0.25) is 5.95 Å². The third-order valence-electron chi connectivity index (χ3n) is 5.96. The normalized spacial score (nSPS) is 22.0. The summed E-state index contributed by atoms with van der Waals surface area (Å²) in [5, 5.41) is 18.7. The van der Waals surface area contributed by atoms with Crippen LogP contribution in [0.1, 0.15) is 54.6 Å². The molecule has 0 amide bonds. The minimum absolute atomic E-state index is 0.146. The summed E-state index contributed by atoms with van der Waals surface area (Å²) in [6.07, 6.45) is 3.76. The molecule has 2 aromatic heterocycles. The second-order valence-corrected chi connectivity index (χ2v) is 8.28. The molecule has 1 atom stereocenters. The summed E-state index contributed by atoms with van der Waals surface area (Å²) in [7, 11) is 2.08. The van der Waals surface area contributed by atoms with Crippen molar-refractivity contribution in [3.8, 4) is 0 Å². The molecule has 2 aliphatic heterocycles. The fourth-order valence-electron chi connectivity index (χ4n) is 4.36. The maximum Gasteiger partial charge on any atom is 0.225 e. The van der Waals surface area contributed by atoms with Gasteiger partial charge in [-0.15, -0.1) is 10.2 Å². The number of rotatable bonds is 4. The first kappa shape index (κ1) is 19.3. The van der Waals surface area contributed by atoms with E-state index in [0.29, 0.717) is 5.92 Å². The molecular weight excluding hydrogens is 354 g/mol. The molecule has 2 aromatic rings. The van der Waals surface area contributed by atoms with E-state index in [-0.39, 0.29) is 6.10 Å². The highest BCUT2D eigenvalue weighted by molar-refractivity contribution is 5.34. The van der Waals surface area contributed by atoms with Gasteiger partial charge in [0.05, 0.1) is 12.6 Å². The standard InChI is InChI=1S/C20H31N7O/c1-14-11-15(2)22-20(21-14)27-8-4-5-16(12-27)19-24-23-18(25(19)3)13-26-9-6-17(28)7-10-26/h11,16-17,28H,4-10,12-13H2,1-3H3/t16-/m0/s1. The molecule has 0 aliphatic carbocycles. The highest BCUT2D eigenvalue weighted by atomic mass is 16.3. The third-order valence-corrected chi connectivity index (χ3v) is 5.96. The fourth-order valence-corrected chi connectivity index (χ4v) is 4.36. The van der Waals surface area contributed by atoms with Crippen molar-refractivity contribution < 1.29 is 5.11 Å². The number of piperidine rings is 2. The Morgan fingerprint density at radius 3 is 2.46 bits per heavy atom. The highest BCUT2D eigenvalue weighted by Gasteiger charge is 2.28. The van der Waals surface area contributed by atoms with Crippen LogP contribution in [0.5, 0.6) is 0 Å². The minimum atomic E-state index is -0.146. The minimum Gasteiger partial charge on any atom is -0.393 e. The lowest BCUT2D eigenvalue weighted by Crippen LogP contribution is -2.37. The number of hydrogen-bond acceptors (Lipinski definition) is 7. The molecule has 0 spiro atoms. The first-order valence-electron chi connectivity index (χ1n) is 10.4. The van der Waals surface area contributed by atoms with Gasteiger partial charge in [0, 0.05) is 50.5 Å². The summed E-state index contributed by atoms with van der Waals surface area (Å²) < 4.78 is 2.17. The molecule has 8 heteroatoms. The van der Waals surface area contributed by atoms with E-state index < -0.39 is 0 Å². The Hall–Kier alpha value is -2.06. The molecule has 2 aliphatic rings. The van der Waals surface area contributed by atoms with E-state index in [1.807, 2.05) is 19.9 Å². The van der Waals surface area contributed by atoms with E-state index in [4.69, 9.17) is 0 Å². The van der Waals surface area contributed by atoms with Gasteiger partial charge in [0.1, 0.15) is 11.6 Å². The molecule has 28 heavy (non-hydrogen) atoms. The van der Waals surface area contributed by atoms with Gasteiger partial charge >= 0.3 is 0 Å². The largest absolute Gasteiger partial charge is 0.393 e. The zero-order chi connectivity index (χ0) is 19.7. The van der Waals surface area contributed by atoms with E-state index in [1.165, 1.54) is 0 Å². The molecule has 0 saturated carbocycles. The summed E-state index contributed by atoms with van der Waals surface area (Å²) in [5.41, 5.74) is 2.02. The van der Waals surface area contributed by atoms with Crippen molar-refractivity contribution >= 4 is 5.95 Å². The molecule has 4 rings (SSSR count). The molecular formula is C20H31N7O. The van der Waals surface area contributed by atoms with Crippen LogP contribution in [0.2, 0.25) is 0 Å². The van der Waals surface area contributed by atoms with Gasteiger partial charge in [-0.3, -0.25) is 4.90 Å². The van der Waals surface area contributed by atoms with Crippen molar-refractivity contribution in [2.24, 2.45) is 7.05 Å². The van der Waals surface area contributed by atoms with Gasteiger partial charge in [0.25, 0.3) is 0 Å². The number of anilines is 1. The Bertz CT molecular complexity index is 793. The van der Waals surface area contributed by atoms with Gasteiger partial charge in [-0.2, -0.15) is 0 Å². The highest BCUT2D eigenvalue weighted by Crippen LogP contribution is 2.28. The Kier molecular flexibility index (Phi) is 5.59. The lowest BCUT2D eigenvalue weighted by Gasteiger charge is -2.32. The lowest BCUT2D eigenvalue weighted by atomic mass is 9.97. The summed E-state index contributed by atoms with van der Waals surface area (Å²) >= 11 is 0. The molecule has 2 saturated heterocycles. The summed E-state index contributed by atoms with van der Waals surface area (Å²) in [4.78, 5) is 13.9. The van der Waals surface area contributed by atoms with Crippen LogP contribution >= 0.6 is 0 Å². The van der Waals surface area contributed by atoms with Crippen molar-refractivity contribution in [3.05, 3.63) is 29.1 Å². The van der Waals surface area contributed by atoms with Crippen molar-refractivity contribution in [3.63, 3.8) is 0 Å². The Balaban J connectivity index is 1.46. The molecule has 4 heterocycles. The Morgan fingerprint density at radius 1 is 1.04 bits per heavy atom. The number of aromatic nitrogens is 5. The van der Waals surface area contributed by atoms with Gasteiger partial charge in [0.15, 0.2) is 0 Å². The topological polar surface area (TPSA) is 83.2 Å². The van der Waals surface area contributed by atoms with Crippen molar-refractivity contribution in [2.75, 3.05) is 31.1 Å². The molecule has 0 radical (unpaired) electrons. The smallest absolute Gasteiger partial charge is 0.225 e. The van der Waals surface area contributed by atoms with Crippen LogP contribution in [-0.4, -0.2) is 67.0 Å². The number of aliphatic hydroxyl groups excluding tert-OH is 1. The van der Waals surface area contributed by atoms with Gasteiger partial charge in [-0.05, 0) is 45.6 Å². The van der Waals surface area contributed by atoms with Gasteiger partial charge in [-0.25, -0.2) is 9.97 Å². The molecule has 0 bridgehead atoms. The van der Waals surface area contributed by atoms with Crippen LogP contribution in [0.3, 0.4) is 0 Å². The Morgan fingerprint density at radius 2 is 1.75 bits per heavy atom. The van der Waals surface area contributed by atoms with Gasteiger partial charge in [-0.1, -0.05) is 0 Å². The van der Waals surface area contributed by atoms with Gasteiger partial charge < -0.3 is 14.6 Å². The van der Waals surface area contributed by atoms with E-state index in [0.717, 1.165) is 87.4 Å². The predicted molar refractivity (Wildman–Crippen MR) is 107 cm³/mol. The molecule has 1 N–H and O–H groups in total. The van der Waals surface area contributed by atoms with E-state index in [2.05, 4.69) is 41.6 Å². The van der Waals surface area contributed by atoms with Crippen molar-refractivity contribution in [1.82, 2.24) is 29.6 Å². The maximum absolute atomic E-state index is 9.70. The molecule has 0 unspecified atom stereocenters. The average Bonchev–Trinajstić information content (AvgIpc) is 3.03. The fraction of sp³-hybridized carbons (Fsp3) is 0.700. The van der Waals surface area contributed by atoms with E-state index >= 15 is 0 Å². The molecule has 152 valence electrons. The molecule has 2 fully saturated rings. The van der Waals surface area contributed by atoms with Crippen molar-refractivity contribution in [2.45, 2.75) is 58.1 Å². The van der Waals surface area contributed by atoms with Crippen LogP contribution in [0.25, 0.3) is 0 Å². The number of aryl methyl sites for hydroxylation is 2. The second kappa shape index (κ2) is 8.13. The van der Waals surface area contributed by atoms with Crippen LogP contribution in [0, 0.1) is 13.8 Å². The number of nitrogens with zero attached hydrogens (tertiary/aromatic N) is 7. The first-order chi connectivity index (χ1) is 13.5. The zero-order valence-corrected chi connectivity index (χ0v) is 17.2. The van der Waals surface area contributed by atoms with E-state index in [9.17, 15) is 5.11 Å². The van der Waals surface area contributed by atoms with Crippen LogP contribution in [0.4, 0.5) is 5.95 Å². The summed E-state index contributed by atoms with van der Waals surface area (Å²) in [5.74, 6) is 3.23. The third kappa shape index (κ3) is 4.17. The van der Waals surface area contributed by atoms with Crippen LogP contribution < -0.4 is 4.90 Å². The Labute approximate surface area is 166 Å². The van der Waals surface area contributed by atoms with Crippen molar-refractivity contribution in [1.29, 1.82) is 0 Å². The predicted octanol–water partition coefficient (Wildman–Crippen LogP) is 1.56. The maximum atomic E-state index is 9.70. The SMILES string of the molecule is Cc1cc(C)nc(N2CCC[C@H](c3nnc(CN4CCC(O)CC4)n3C)C2)n1. The average molecular weight is 386 g/mol. The molecule has 8 nitrogen and oxygen atoms in total. The van der Waals surface area contributed by atoms with Crippen LogP contribution in [0.15, 0.2) is 6.07 Å². The quantitative estimate of drug-likeness (QED) is 0.855. The number of aliphatic hydroxyl groups is 1. The summed E-state index contributed by atoms with van der Waals surface area (Å²) in [6.45, 7) is 8.55. The lowest BCUT2D eigenvalue weighted by molar-refractivity contribution is 0.0775. The number of hydrogen-bond donors (Lipinski definition) is 1. The first-order valence-corrected chi connectivity index (χ1v) is 10.4. The summed E-state index contributed by atoms with van der Waals surface area (Å²) in [6, 6.07) is 2.01. The zero-order valence-electron chi connectivity index (χ0n) is 17.2. The van der Waals surface area contributed by atoms with E-state index in [1.54, 1.807) is 0 Å². The molecule has 0 aromatic carbocycles. The second-order valence-electron chi connectivity index (χ2n) is 8.28. The van der Waals surface area contributed by atoms with Crippen LogP contribution in [-0.2, 0) is 13.6 Å². The monoisotopic (exact) mass is 385 g/mol.